The first-order chi connectivity index (χ1) is 20.4. The molecule has 0 saturated carbocycles. The van der Waals surface area contributed by atoms with Crippen LogP contribution in [-0.4, -0.2) is 82.6 Å². The normalized spacial score (nSPS) is 23.4. The Labute approximate surface area is 258 Å². The Hall–Kier alpha value is -3.57. The van der Waals surface area contributed by atoms with Gasteiger partial charge in [-0.05, 0) is 44.1 Å². The van der Waals surface area contributed by atoms with Crippen molar-refractivity contribution in [1.82, 2.24) is 20.4 Å². The van der Waals surface area contributed by atoms with Gasteiger partial charge in [0, 0.05) is 12.5 Å². The van der Waals surface area contributed by atoms with Crippen molar-refractivity contribution in [2.75, 3.05) is 13.1 Å². The van der Waals surface area contributed by atoms with Crippen LogP contribution in [0.4, 0.5) is 13.6 Å². The van der Waals surface area contributed by atoms with Crippen molar-refractivity contribution in [3.8, 4) is 0 Å². The molecule has 6 atom stereocenters. The fourth-order valence-electron chi connectivity index (χ4n) is 6.08. The van der Waals surface area contributed by atoms with E-state index in [1.54, 1.807) is 72.7 Å². The second kappa shape index (κ2) is 13.6. The lowest BCUT2D eigenvalue weighted by atomic mass is 9.85. The van der Waals surface area contributed by atoms with Crippen molar-refractivity contribution in [3.63, 3.8) is 0 Å². The molecule has 4 amide bonds. The number of likely N-dealkylation sites (tertiary alicyclic amines) is 2. The van der Waals surface area contributed by atoms with Crippen molar-refractivity contribution in [1.29, 1.82) is 0 Å². The van der Waals surface area contributed by atoms with E-state index in [9.17, 15) is 24.0 Å². The van der Waals surface area contributed by atoms with Gasteiger partial charge in [0.2, 0.25) is 17.6 Å². The molecule has 0 spiro atoms. The molecule has 0 aliphatic carbocycles. The van der Waals surface area contributed by atoms with Gasteiger partial charge in [-0.3, -0.25) is 19.2 Å². The molecule has 1 aromatic rings. The lowest BCUT2D eigenvalue weighted by molar-refractivity contribution is -0.158. The monoisotopic (exact) mass is 620 g/mol. The lowest BCUT2D eigenvalue weighted by Gasteiger charge is -2.40. The number of alkyl halides is 2. The number of alkyl carbamates (subject to hydrolysis) is 1. The molecule has 2 aliphatic rings. The zero-order chi connectivity index (χ0) is 33.1. The summed E-state index contributed by atoms with van der Waals surface area (Å²) in [6, 6.07) is 4.47. The molecule has 44 heavy (non-hydrogen) atoms. The number of amides is 4. The van der Waals surface area contributed by atoms with E-state index < -0.39 is 96.1 Å². The SMILES string of the molecule is CCCC(C(=O)C(=O)N[C@H](C)c1ccccc1)N1CC(F)(F)[C@H]2CN(C(=O)[C@@H](NC(=O)OC(C)C)C(C)(C)C)[C@H](C1=O)[C@H]2C. The van der Waals surface area contributed by atoms with Gasteiger partial charge in [-0.1, -0.05) is 71.4 Å². The van der Waals surface area contributed by atoms with Crippen molar-refractivity contribution >= 4 is 29.6 Å². The summed E-state index contributed by atoms with van der Waals surface area (Å²) in [5.74, 6) is -9.27. The highest BCUT2D eigenvalue weighted by Gasteiger charge is 2.61. The summed E-state index contributed by atoms with van der Waals surface area (Å²) < 4.78 is 37.0. The van der Waals surface area contributed by atoms with Crippen LogP contribution in [0.5, 0.6) is 0 Å². The molecule has 2 bridgehead atoms. The van der Waals surface area contributed by atoms with Gasteiger partial charge >= 0.3 is 6.09 Å². The lowest BCUT2D eigenvalue weighted by Crippen LogP contribution is -2.62. The highest BCUT2D eigenvalue weighted by Crippen LogP contribution is 2.45. The summed E-state index contributed by atoms with van der Waals surface area (Å²) in [5.41, 5.74) is -0.111. The number of benzene rings is 1. The molecule has 244 valence electrons. The summed E-state index contributed by atoms with van der Waals surface area (Å²) in [5, 5.41) is 5.19. The third-order valence-corrected chi connectivity index (χ3v) is 8.43. The predicted octanol–water partition coefficient (Wildman–Crippen LogP) is 4.09. The van der Waals surface area contributed by atoms with E-state index in [2.05, 4.69) is 10.6 Å². The van der Waals surface area contributed by atoms with Crippen LogP contribution in [0, 0.1) is 17.3 Å². The Morgan fingerprint density at radius 3 is 2.23 bits per heavy atom. The zero-order valence-corrected chi connectivity index (χ0v) is 26.9. The Morgan fingerprint density at radius 2 is 1.68 bits per heavy atom. The third-order valence-electron chi connectivity index (χ3n) is 8.43. The van der Waals surface area contributed by atoms with Crippen LogP contribution in [0.1, 0.15) is 79.8 Å². The molecule has 2 saturated heterocycles. The number of ether oxygens (including phenoxy) is 1. The van der Waals surface area contributed by atoms with Gasteiger partial charge in [-0.2, -0.15) is 0 Å². The maximum Gasteiger partial charge on any atom is 0.408 e. The quantitative estimate of drug-likeness (QED) is 0.380. The van der Waals surface area contributed by atoms with Crippen LogP contribution in [0.3, 0.4) is 0 Å². The van der Waals surface area contributed by atoms with E-state index in [1.165, 1.54) is 6.92 Å². The first kappa shape index (κ1) is 34.9. The average Bonchev–Trinajstić information content (AvgIpc) is 3.26. The minimum Gasteiger partial charge on any atom is -0.447 e. The van der Waals surface area contributed by atoms with E-state index in [-0.39, 0.29) is 6.42 Å². The predicted molar refractivity (Wildman–Crippen MR) is 160 cm³/mol. The maximum absolute atomic E-state index is 15.9. The molecule has 3 rings (SSSR count). The number of rotatable bonds is 10. The number of ketones is 1. The fourth-order valence-corrected chi connectivity index (χ4v) is 6.08. The number of carbonyl (C=O) groups is 5. The van der Waals surface area contributed by atoms with Gasteiger partial charge in [-0.15, -0.1) is 0 Å². The third kappa shape index (κ3) is 7.55. The minimum atomic E-state index is -3.46. The summed E-state index contributed by atoms with van der Waals surface area (Å²) in [7, 11) is 0. The molecule has 2 aliphatic heterocycles. The summed E-state index contributed by atoms with van der Waals surface area (Å²) in [4.78, 5) is 69.2. The minimum absolute atomic E-state index is 0.0132. The van der Waals surface area contributed by atoms with E-state index >= 15 is 8.78 Å². The van der Waals surface area contributed by atoms with Gasteiger partial charge in [-0.25, -0.2) is 13.6 Å². The molecule has 2 heterocycles. The van der Waals surface area contributed by atoms with Gasteiger partial charge in [0.05, 0.1) is 18.7 Å². The molecule has 12 heteroatoms. The molecule has 10 nitrogen and oxygen atoms in total. The Balaban J connectivity index is 1.94. The van der Waals surface area contributed by atoms with Crippen LogP contribution in [0.2, 0.25) is 0 Å². The van der Waals surface area contributed by atoms with Gasteiger partial charge in [0.25, 0.3) is 11.8 Å². The summed E-state index contributed by atoms with van der Waals surface area (Å²) in [6.45, 7) is 11.9. The number of nitrogens with zero attached hydrogens (tertiary/aromatic N) is 2. The van der Waals surface area contributed by atoms with Gasteiger partial charge in [0.1, 0.15) is 18.1 Å². The first-order valence-electron chi connectivity index (χ1n) is 15.3. The van der Waals surface area contributed by atoms with Crippen molar-refractivity contribution in [2.24, 2.45) is 17.3 Å². The largest absolute Gasteiger partial charge is 0.447 e. The molecular formula is C32H46F2N4O6. The molecule has 2 fully saturated rings. The smallest absolute Gasteiger partial charge is 0.408 e. The van der Waals surface area contributed by atoms with E-state index in [0.717, 1.165) is 15.4 Å². The van der Waals surface area contributed by atoms with Gasteiger partial charge in [0.15, 0.2) is 0 Å². The number of halogens is 2. The number of hydrogen-bond donors (Lipinski definition) is 2. The van der Waals surface area contributed by atoms with E-state index in [0.29, 0.717) is 6.42 Å². The standard InChI is InChI=1S/C32H46F2N4O6/c1-9-13-23(25(39)27(40)35-20(5)21-14-11-10-12-15-21)38-17-32(33,34)22-16-37(24(19(22)4)28(38)41)29(42)26(31(6,7)8)36-30(43)44-18(2)3/h10-12,14-15,18-20,22-24,26H,9,13,16-17H2,1-8H3,(H,35,40)(H,36,43)/t19-,20+,22-,23?,24-,26+/m0/s1. The van der Waals surface area contributed by atoms with Crippen LogP contribution < -0.4 is 10.6 Å². The Morgan fingerprint density at radius 1 is 1.07 bits per heavy atom. The topological polar surface area (TPSA) is 125 Å². The summed E-state index contributed by atoms with van der Waals surface area (Å²) >= 11 is 0. The number of nitrogens with one attached hydrogen (secondary N) is 2. The first-order valence-corrected chi connectivity index (χ1v) is 15.3. The van der Waals surface area contributed by atoms with Gasteiger partial charge < -0.3 is 25.2 Å². The van der Waals surface area contributed by atoms with E-state index in [4.69, 9.17) is 4.74 Å². The van der Waals surface area contributed by atoms with Crippen LogP contribution in [0.25, 0.3) is 0 Å². The van der Waals surface area contributed by atoms with Crippen molar-refractivity contribution < 1.29 is 37.5 Å². The van der Waals surface area contributed by atoms with Crippen LogP contribution >= 0.6 is 0 Å². The van der Waals surface area contributed by atoms with Crippen molar-refractivity contribution in [3.05, 3.63) is 35.9 Å². The molecule has 0 radical (unpaired) electrons. The molecule has 1 aromatic carbocycles. The molecule has 0 aromatic heterocycles. The number of fused-ring (bicyclic) bond motifs is 2. The Kier molecular flexibility index (Phi) is 10.8. The zero-order valence-electron chi connectivity index (χ0n) is 26.9. The highest BCUT2D eigenvalue weighted by molar-refractivity contribution is 6.38. The maximum atomic E-state index is 15.9. The average molecular weight is 621 g/mol. The fraction of sp³-hybridized carbons (Fsp3) is 0.656. The Bertz CT molecular complexity index is 1230. The molecule has 1 unspecified atom stereocenters. The highest BCUT2D eigenvalue weighted by atomic mass is 19.3. The van der Waals surface area contributed by atoms with Crippen LogP contribution in [-0.2, 0) is 23.9 Å². The number of Topliss-reactive ketones (excluding diaryl/α,β-unsaturated/α-hetero) is 1. The second-order valence-electron chi connectivity index (χ2n) is 13.3. The molecular weight excluding hydrogens is 574 g/mol. The van der Waals surface area contributed by atoms with Crippen LogP contribution in [0.15, 0.2) is 30.3 Å². The van der Waals surface area contributed by atoms with E-state index in [1.807, 2.05) is 6.07 Å². The number of hydrogen-bond acceptors (Lipinski definition) is 6. The number of carbonyl (C=O) groups excluding carboxylic acids is 5. The summed E-state index contributed by atoms with van der Waals surface area (Å²) in [6.07, 6.45) is -0.979. The van der Waals surface area contributed by atoms with Crippen molar-refractivity contribution in [2.45, 2.75) is 104 Å². The molecule has 2 N–H and O–H groups in total. The second-order valence-corrected chi connectivity index (χ2v) is 13.3.